The predicted octanol–water partition coefficient (Wildman–Crippen LogP) is 1.99. The van der Waals surface area contributed by atoms with Gasteiger partial charge >= 0.3 is 0 Å². The molecule has 7 heteroatoms. The molecule has 6 nitrogen and oxygen atoms in total. The molecule has 2 rings (SSSR count). The van der Waals surface area contributed by atoms with Crippen LogP contribution < -0.4 is 10.5 Å². The summed E-state index contributed by atoms with van der Waals surface area (Å²) in [6, 6.07) is 7.46. The van der Waals surface area contributed by atoms with Gasteiger partial charge in [0, 0.05) is 20.9 Å². The molecule has 0 unspecified atom stereocenters. The van der Waals surface area contributed by atoms with E-state index in [1.165, 1.54) is 36.7 Å². The summed E-state index contributed by atoms with van der Waals surface area (Å²) in [7, 11) is -3.66. The molecule has 0 bridgehead atoms. The van der Waals surface area contributed by atoms with Crippen molar-refractivity contribution in [1.29, 1.82) is 0 Å². The lowest BCUT2D eigenvalue weighted by Crippen LogP contribution is -2.14. The van der Waals surface area contributed by atoms with Gasteiger partial charge in [0.25, 0.3) is 10.0 Å². The topological polar surface area (TPSA) is 98.0 Å². The summed E-state index contributed by atoms with van der Waals surface area (Å²) < 4.78 is 26.0. The van der Waals surface area contributed by atoms with Crippen LogP contribution in [-0.2, 0) is 10.0 Å². The quantitative estimate of drug-likeness (QED) is 0.831. The first kappa shape index (κ1) is 13.9. The SMILES string of the molecule is C.Nc1ccc(S(=O)(=O)Nc2ncccn2)cc1.[HH].[HH]. The second-order valence-corrected chi connectivity index (χ2v) is 4.93. The van der Waals surface area contributed by atoms with Gasteiger partial charge in [-0.1, -0.05) is 7.43 Å². The van der Waals surface area contributed by atoms with Crippen LogP contribution in [0.15, 0.2) is 47.6 Å². The van der Waals surface area contributed by atoms with Crippen molar-refractivity contribution in [3.8, 4) is 0 Å². The maximum atomic E-state index is 11.9. The van der Waals surface area contributed by atoms with Crippen LogP contribution in [0.4, 0.5) is 11.6 Å². The molecule has 100 valence electrons. The number of benzene rings is 1. The van der Waals surface area contributed by atoms with E-state index in [1.54, 1.807) is 6.07 Å². The number of hydrogen-bond donors (Lipinski definition) is 2. The number of nitrogens with two attached hydrogens (primary N) is 1. The van der Waals surface area contributed by atoms with Gasteiger partial charge in [0.05, 0.1) is 4.90 Å². The van der Waals surface area contributed by atoms with Crippen molar-refractivity contribution in [2.24, 2.45) is 0 Å². The van der Waals surface area contributed by atoms with Crippen LogP contribution >= 0.6 is 0 Å². The fraction of sp³-hybridized carbons (Fsp3) is 0.0909. The zero-order valence-corrected chi connectivity index (χ0v) is 9.55. The lowest BCUT2D eigenvalue weighted by atomic mass is 10.3. The van der Waals surface area contributed by atoms with Crippen LogP contribution in [0.25, 0.3) is 0 Å². The predicted molar refractivity (Wildman–Crippen MR) is 74.7 cm³/mol. The molecule has 0 atom stereocenters. The van der Waals surface area contributed by atoms with Crippen molar-refractivity contribution in [2.45, 2.75) is 12.3 Å². The number of anilines is 2. The van der Waals surface area contributed by atoms with Crippen molar-refractivity contribution in [3.63, 3.8) is 0 Å². The minimum Gasteiger partial charge on any atom is -0.399 e. The van der Waals surface area contributed by atoms with E-state index in [0.29, 0.717) is 5.69 Å². The maximum absolute atomic E-state index is 11.9. The average Bonchev–Trinajstić information content (AvgIpc) is 2.30. The molecule has 18 heavy (non-hydrogen) atoms. The molecule has 0 aliphatic carbocycles. The molecule has 2 aromatic rings. The first-order valence-corrected chi connectivity index (χ1v) is 6.22. The van der Waals surface area contributed by atoms with E-state index in [4.69, 9.17) is 5.73 Å². The number of sulfonamides is 1. The summed E-state index contributed by atoms with van der Waals surface area (Å²) in [4.78, 5) is 7.67. The van der Waals surface area contributed by atoms with E-state index in [2.05, 4.69) is 14.7 Å². The zero-order chi connectivity index (χ0) is 12.3. The third-order valence-electron chi connectivity index (χ3n) is 1.98. The van der Waals surface area contributed by atoms with E-state index in [0.717, 1.165) is 0 Å². The third-order valence-corrected chi connectivity index (χ3v) is 3.33. The van der Waals surface area contributed by atoms with Crippen molar-refractivity contribution in [1.82, 2.24) is 9.97 Å². The molecule has 1 heterocycles. The largest absolute Gasteiger partial charge is 0.399 e. The Morgan fingerprint density at radius 3 is 2.22 bits per heavy atom. The maximum Gasteiger partial charge on any atom is 0.264 e. The van der Waals surface area contributed by atoms with Crippen molar-refractivity contribution in [3.05, 3.63) is 42.7 Å². The monoisotopic (exact) mass is 270 g/mol. The van der Waals surface area contributed by atoms with Crippen molar-refractivity contribution < 1.29 is 11.3 Å². The van der Waals surface area contributed by atoms with Gasteiger partial charge in [-0.15, -0.1) is 0 Å². The Bertz CT molecular complexity index is 606. The van der Waals surface area contributed by atoms with Crippen LogP contribution in [-0.4, -0.2) is 18.4 Å². The van der Waals surface area contributed by atoms with Crippen LogP contribution in [0.1, 0.15) is 10.3 Å². The second-order valence-electron chi connectivity index (χ2n) is 3.25. The highest BCUT2D eigenvalue weighted by Crippen LogP contribution is 2.14. The highest BCUT2D eigenvalue weighted by Gasteiger charge is 2.14. The molecule has 0 aliphatic heterocycles. The molecule has 1 aromatic carbocycles. The molecule has 1 aromatic heterocycles. The molecule has 3 N–H and O–H groups in total. The number of rotatable bonds is 3. The first-order chi connectivity index (χ1) is 8.08. The highest BCUT2D eigenvalue weighted by molar-refractivity contribution is 7.92. The Balaban J connectivity index is 0. The Morgan fingerprint density at radius 2 is 1.67 bits per heavy atom. The standard InChI is InChI=1S/C10H10N4O2S.CH4.2H2/c11-8-2-4-9(5-3-8)17(15,16)14-10-12-6-1-7-13-10;;;/h1-7H,11H2,(H,12,13,14);1H4;2*1H. The van der Waals surface area contributed by atoms with Crippen LogP contribution in [0.5, 0.6) is 0 Å². The summed E-state index contributed by atoms with van der Waals surface area (Å²) in [5, 5.41) is 0. The van der Waals surface area contributed by atoms with Gasteiger partial charge < -0.3 is 5.73 Å². The molecule has 0 amide bonds. The lowest BCUT2D eigenvalue weighted by molar-refractivity contribution is 0.601. The van der Waals surface area contributed by atoms with Gasteiger partial charge in [0.2, 0.25) is 5.95 Å². The van der Waals surface area contributed by atoms with Gasteiger partial charge in [-0.2, -0.15) is 0 Å². The van der Waals surface area contributed by atoms with E-state index < -0.39 is 10.0 Å². The van der Waals surface area contributed by atoms with Gasteiger partial charge in [0.1, 0.15) is 0 Å². The van der Waals surface area contributed by atoms with E-state index in [1.807, 2.05) is 0 Å². The summed E-state index contributed by atoms with van der Waals surface area (Å²) in [6.45, 7) is 0. The molecule has 0 radical (unpaired) electrons. The Labute approximate surface area is 109 Å². The number of nitrogens with zero attached hydrogens (tertiary/aromatic N) is 2. The summed E-state index contributed by atoms with van der Waals surface area (Å²) in [5.41, 5.74) is 5.98. The minimum absolute atomic E-state index is 0. The highest BCUT2D eigenvalue weighted by atomic mass is 32.2. The number of hydrogen-bond acceptors (Lipinski definition) is 5. The molecular formula is C11H18N4O2S. The number of nitrogen functional groups attached to an aromatic ring is 1. The smallest absolute Gasteiger partial charge is 0.264 e. The average molecular weight is 270 g/mol. The second kappa shape index (κ2) is 5.46. The van der Waals surface area contributed by atoms with Crippen molar-refractivity contribution in [2.75, 3.05) is 10.5 Å². The summed E-state index contributed by atoms with van der Waals surface area (Å²) >= 11 is 0. The van der Waals surface area contributed by atoms with Crippen molar-refractivity contribution >= 4 is 21.7 Å². The Hall–Kier alpha value is -2.15. The lowest BCUT2D eigenvalue weighted by Gasteiger charge is -2.05. The molecule has 0 saturated carbocycles. The Kier molecular flexibility index (Phi) is 4.22. The first-order valence-electron chi connectivity index (χ1n) is 4.73. The molecular weight excluding hydrogens is 252 g/mol. The van der Waals surface area contributed by atoms with Crippen LogP contribution in [0, 0.1) is 0 Å². The Morgan fingerprint density at radius 1 is 1.11 bits per heavy atom. The number of nitrogens with one attached hydrogen (secondary N) is 1. The third kappa shape index (κ3) is 3.17. The van der Waals surface area contributed by atoms with E-state index >= 15 is 0 Å². The minimum atomic E-state index is -3.66. The van der Waals surface area contributed by atoms with E-state index in [-0.39, 0.29) is 21.1 Å². The zero-order valence-electron chi connectivity index (χ0n) is 8.74. The molecule has 0 aliphatic rings. The molecule has 0 spiro atoms. The van der Waals surface area contributed by atoms with Gasteiger partial charge in [-0.05, 0) is 30.3 Å². The summed E-state index contributed by atoms with van der Waals surface area (Å²) in [5.74, 6) is 0.0318. The molecule has 0 fully saturated rings. The fourth-order valence-corrected chi connectivity index (χ4v) is 2.14. The van der Waals surface area contributed by atoms with E-state index in [9.17, 15) is 8.42 Å². The van der Waals surface area contributed by atoms with Gasteiger partial charge in [-0.25, -0.2) is 23.1 Å². The number of aromatic nitrogens is 2. The van der Waals surface area contributed by atoms with Crippen LogP contribution in [0.2, 0.25) is 0 Å². The van der Waals surface area contributed by atoms with Crippen LogP contribution in [0.3, 0.4) is 0 Å². The fourth-order valence-electron chi connectivity index (χ4n) is 1.18. The van der Waals surface area contributed by atoms with Gasteiger partial charge in [-0.3, -0.25) is 0 Å². The molecule has 0 saturated heterocycles. The normalized spacial score (nSPS) is 10.4. The summed E-state index contributed by atoms with van der Waals surface area (Å²) in [6.07, 6.45) is 2.90. The van der Waals surface area contributed by atoms with Gasteiger partial charge in [0.15, 0.2) is 0 Å².